The van der Waals surface area contributed by atoms with E-state index in [0.717, 1.165) is 12.8 Å². The second kappa shape index (κ2) is 8.47. The number of carbonyl (C=O) groups excluding carboxylic acids is 1. The molecule has 5 heteroatoms. The summed E-state index contributed by atoms with van der Waals surface area (Å²) in [7, 11) is 2.06. The van der Waals surface area contributed by atoms with Crippen LogP contribution in [0.1, 0.15) is 54.4 Å². The van der Waals surface area contributed by atoms with E-state index in [1.807, 2.05) is 27.7 Å². The van der Waals surface area contributed by atoms with E-state index in [1.165, 1.54) is 0 Å². The van der Waals surface area contributed by atoms with E-state index in [4.69, 9.17) is 10.5 Å². The highest BCUT2D eigenvalue weighted by molar-refractivity contribution is 5.68. The van der Waals surface area contributed by atoms with E-state index >= 15 is 0 Å². The highest BCUT2D eigenvalue weighted by atomic mass is 16.6. The van der Waals surface area contributed by atoms with Crippen LogP contribution in [0.15, 0.2) is 0 Å². The molecule has 0 saturated heterocycles. The summed E-state index contributed by atoms with van der Waals surface area (Å²) in [5.41, 5.74) is 5.40. The van der Waals surface area contributed by atoms with Gasteiger partial charge < -0.3 is 15.8 Å². The van der Waals surface area contributed by atoms with E-state index in [1.54, 1.807) is 0 Å². The number of alkyl carbamates (subject to hydrolysis) is 1. The molecule has 0 aromatic carbocycles. The van der Waals surface area contributed by atoms with Gasteiger partial charge in [0.1, 0.15) is 5.60 Å². The molecule has 0 saturated carbocycles. The van der Waals surface area contributed by atoms with Crippen molar-refractivity contribution in [2.75, 3.05) is 13.6 Å². The highest BCUT2D eigenvalue weighted by Crippen LogP contribution is 2.12. The molecule has 0 bridgehead atoms. The first-order valence-electron chi connectivity index (χ1n) is 7.53. The number of nitrogens with two attached hydrogens (primary N) is 1. The van der Waals surface area contributed by atoms with Crippen LogP contribution in [-0.2, 0) is 4.74 Å². The number of nitrogens with one attached hydrogen (secondary N) is 1. The topological polar surface area (TPSA) is 67.6 Å². The molecule has 0 aliphatic rings. The van der Waals surface area contributed by atoms with Crippen molar-refractivity contribution in [3.8, 4) is 0 Å². The zero-order valence-corrected chi connectivity index (χ0v) is 14.2. The Morgan fingerprint density at radius 2 is 1.90 bits per heavy atom. The maximum absolute atomic E-state index is 11.8. The fourth-order valence-corrected chi connectivity index (χ4v) is 2.26. The number of nitrogens with zero attached hydrogens (tertiary/aromatic N) is 1. The van der Waals surface area contributed by atoms with Crippen LogP contribution in [0.25, 0.3) is 0 Å². The second-order valence-corrected chi connectivity index (χ2v) is 6.54. The molecule has 0 aliphatic heterocycles. The average molecular weight is 287 g/mol. The summed E-state index contributed by atoms with van der Waals surface area (Å²) < 4.78 is 5.28. The Labute approximate surface area is 124 Å². The maximum Gasteiger partial charge on any atom is 0.407 e. The van der Waals surface area contributed by atoms with Crippen LogP contribution in [0.5, 0.6) is 0 Å². The molecule has 5 nitrogen and oxygen atoms in total. The number of likely N-dealkylation sites (N-methyl/N-ethyl adjacent to an activating group) is 1. The molecular formula is C15H33N3O2. The molecular weight excluding hydrogens is 254 g/mol. The predicted octanol–water partition coefficient (Wildman–Crippen LogP) is 2.35. The summed E-state index contributed by atoms with van der Waals surface area (Å²) in [6.45, 7) is 12.4. The molecule has 0 aromatic heterocycles. The van der Waals surface area contributed by atoms with Crippen molar-refractivity contribution in [1.82, 2.24) is 10.2 Å². The van der Waals surface area contributed by atoms with E-state index < -0.39 is 5.60 Å². The number of ether oxygens (including phenoxy) is 1. The van der Waals surface area contributed by atoms with Crippen molar-refractivity contribution in [2.45, 2.75) is 78.1 Å². The quantitative estimate of drug-likeness (QED) is 0.754. The molecule has 0 aliphatic carbocycles. The fraction of sp³-hybridized carbons (Fsp3) is 0.933. The minimum Gasteiger partial charge on any atom is -0.444 e. The lowest BCUT2D eigenvalue weighted by molar-refractivity contribution is 0.0464. The fourth-order valence-electron chi connectivity index (χ4n) is 2.26. The van der Waals surface area contributed by atoms with Crippen LogP contribution in [0, 0.1) is 0 Å². The average Bonchev–Trinajstić information content (AvgIpc) is 2.27. The summed E-state index contributed by atoms with van der Waals surface area (Å²) in [5, 5.41) is 2.88. The highest BCUT2D eigenvalue weighted by Gasteiger charge is 2.26. The van der Waals surface area contributed by atoms with Crippen molar-refractivity contribution < 1.29 is 9.53 Å². The number of rotatable bonds is 7. The normalized spacial score (nSPS) is 16.6. The Balaban J connectivity index is 4.54. The van der Waals surface area contributed by atoms with Crippen LogP contribution in [0.4, 0.5) is 4.79 Å². The van der Waals surface area contributed by atoms with Gasteiger partial charge in [-0.05, 0) is 48.1 Å². The Hall–Kier alpha value is -0.810. The van der Waals surface area contributed by atoms with Crippen molar-refractivity contribution in [3.05, 3.63) is 0 Å². The molecule has 0 rings (SSSR count). The summed E-state index contributed by atoms with van der Waals surface area (Å²) >= 11 is 0. The van der Waals surface area contributed by atoms with Crippen molar-refractivity contribution in [1.29, 1.82) is 0 Å². The molecule has 1 amide bonds. The minimum absolute atomic E-state index is 0.0563. The van der Waals surface area contributed by atoms with Gasteiger partial charge in [-0.1, -0.05) is 13.3 Å². The molecule has 3 atom stereocenters. The maximum atomic E-state index is 11.8. The molecule has 0 heterocycles. The van der Waals surface area contributed by atoms with Crippen molar-refractivity contribution >= 4 is 6.09 Å². The third kappa shape index (κ3) is 7.10. The Kier molecular flexibility index (Phi) is 8.13. The monoisotopic (exact) mass is 287 g/mol. The standard InChI is InChI=1S/C15H33N3O2/c1-8-9-11(2)18(7)13(10-16)12(3)17-14(19)20-15(4,5)6/h11-13H,8-10,16H2,1-7H3,(H,17,19). The largest absolute Gasteiger partial charge is 0.444 e. The molecule has 0 spiro atoms. The SMILES string of the molecule is CCCC(C)N(C)C(CN)C(C)NC(=O)OC(C)(C)C. The van der Waals surface area contributed by atoms with Crippen LogP contribution >= 0.6 is 0 Å². The van der Waals surface area contributed by atoms with E-state index in [2.05, 4.69) is 31.1 Å². The van der Waals surface area contributed by atoms with Gasteiger partial charge in [0, 0.05) is 24.7 Å². The van der Waals surface area contributed by atoms with Gasteiger partial charge in [0.15, 0.2) is 0 Å². The van der Waals surface area contributed by atoms with Crippen molar-refractivity contribution in [2.24, 2.45) is 5.73 Å². The van der Waals surface area contributed by atoms with Gasteiger partial charge in [0.25, 0.3) is 0 Å². The number of carbonyl (C=O) groups is 1. The zero-order valence-electron chi connectivity index (χ0n) is 14.2. The van der Waals surface area contributed by atoms with Crippen LogP contribution in [0.2, 0.25) is 0 Å². The van der Waals surface area contributed by atoms with E-state index in [0.29, 0.717) is 12.6 Å². The second-order valence-electron chi connectivity index (χ2n) is 6.54. The molecule has 0 aromatic rings. The van der Waals surface area contributed by atoms with Gasteiger partial charge in [-0.3, -0.25) is 4.90 Å². The molecule has 0 fully saturated rings. The first kappa shape index (κ1) is 19.2. The Morgan fingerprint density at radius 3 is 2.30 bits per heavy atom. The predicted molar refractivity (Wildman–Crippen MR) is 83.8 cm³/mol. The Morgan fingerprint density at radius 1 is 1.35 bits per heavy atom. The summed E-state index contributed by atoms with van der Waals surface area (Å²) in [5.74, 6) is 0. The first-order chi connectivity index (χ1) is 9.12. The van der Waals surface area contributed by atoms with Gasteiger partial charge in [0.2, 0.25) is 0 Å². The summed E-state index contributed by atoms with van der Waals surface area (Å²) in [6, 6.07) is 0.486. The first-order valence-corrected chi connectivity index (χ1v) is 7.53. The van der Waals surface area contributed by atoms with Gasteiger partial charge >= 0.3 is 6.09 Å². The van der Waals surface area contributed by atoms with Crippen LogP contribution in [-0.4, -0.2) is 48.3 Å². The third-order valence-electron chi connectivity index (χ3n) is 3.49. The summed E-state index contributed by atoms with van der Waals surface area (Å²) in [4.78, 5) is 14.1. The third-order valence-corrected chi connectivity index (χ3v) is 3.49. The number of amides is 1. The molecule has 20 heavy (non-hydrogen) atoms. The zero-order chi connectivity index (χ0) is 15.9. The lowest BCUT2D eigenvalue weighted by atomic mass is 10.0. The molecule has 120 valence electrons. The van der Waals surface area contributed by atoms with Gasteiger partial charge in [-0.25, -0.2) is 4.79 Å². The lowest BCUT2D eigenvalue weighted by Crippen LogP contribution is -2.55. The number of hydrogen-bond acceptors (Lipinski definition) is 4. The van der Waals surface area contributed by atoms with Crippen LogP contribution in [0.3, 0.4) is 0 Å². The van der Waals surface area contributed by atoms with Gasteiger partial charge in [-0.15, -0.1) is 0 Å². The summed E-state index contributed by atoms with van der Waals surface area (Å²) in [6.07, 6.45) is 1.86. The van der Waals surface area contributed by atoms with E-state index in [-0.39, 0.29) is 18.2 Å². The van der Waals surface area contributed by atoms with Crippen LogP contribution < -0.4 is 11.1 Å². The smallest absolute Gasteiger partial charge is 0.407 e. The molecule has 0 radical (unpaired) electrons. The minimum atomic E-state index is -0.483. The Bertz CT molecular complexity index is 289. The van der Waals surface area contributed by atoms with E-state index in [9.17, 15) is 4.79 Å². The molecule has 3 unspecified atom stereocenters. The van der Waals surface area contributed by atoms with Crippen molar-refractivity contribution in [3.63, 3.8) is 0 Å². The van der Waals surface area contributed by atoms with Gasteiger partial charge in [-0.2, -0.15) is 0 Å². The number of hydrogen-bond donors (Lipinski definition) is 2. The molecule has 3 N–H and O–H groups in total. The van der Waals surface area contributed by atoms with Gasteiger partial charge in [0.05, 0.1) is 0 Å². The lowest BCUT2D eigenvalue weighted by Gasteiger charge is -2.36.